The molecule has 5 rings (SSSR count). The number of hydrogen-bond acceptors (Lipinski definition) is 3. The molecule has 1 aliphatic carbocycles. The number of rotatable bonds is 3. The number of nitrogens with one attached hydrogen (secondary N) is 1. The molecule has 6 heteroatoms. The highest BCUT2D eigenvalue weighted by molar-refractivity contribution is 6.30. The minimum absolute atomic E-state index is 0.0997. The van der Waals surface area contributed by atoms with Gasteiger partial charge in [0.1, 0.15) is 6.10 Å². The van der Waals surface area contributed by atoms with Crippen molar-refractivity contribution >= 4 is 23.2 Å². The smallest absolute Gasteiger partial charge is 0.276 e. The minimum atomic E-state index is -0.192. The van der Waals surface area contributed by atoms with E-state index in [9.17, 15) is 4.79 Å². The fourth-order valence-corrected chi connectivity index (χ4v) is 4.09. The first-order valence-corrected chi connectivity index (χ1v) is 9.90. The standard InChI is InChI=1S/C22H20ClN3O2/c23-17-7-4-15(5-8-17)21-12-26-19(13-28-21)11-20(25-26)22(27)24-18-9-6-14-2-1-3-16(14)10-18/h4-11,21H,1-3,12-13H2,(H,24,27)/t21-/m0/s1. The predicted molar refractivity (Wildman–Crippen MR) is 108 cm³/mol. The van der Waals surface area contributed by atoms with Gasteiger partial charge in [-0.25, -0.2) is 0 Å². The van der Waals surface area contributed by atoms with Crippen LogP contribution in [0.1, 0.15) is 45.4 Å². The Kier molecular flexibility index (Phi) is 4.41. The summed E-state index contributed by atoms with van der Waals surface area (Å²) in [6.07, 6.45) is 3.31. The van der Waals surface area contributed by atoms with Crippen LogP contribution in [0.25, 0.3) is 0 Å². The highest BCUT2D eigenvalue weighted by atomic mass is 35.5. The monoisotopic (exact) mass is 393 g/mol. The summed E-state index contributed by atoms with van der Waals surface area (Å²) < 4.78 is 7.82. The lowest BCUT2D eigenvalue weighted by Gasteiger charge is -2.24. The SMILES string of the molecule is O=C(Nc1ccc2c(c1)CCC2)c1cc2n(n1)C[C@@H](c1ccc(Cl)cc1)OC2. The number of anilines is 1. The molecule has 0 saturated carbocycles. The second-order valence-electron chi connectivity index (χ2n) is 7.35. The maximum absolute atomic E-state index is 12.7. The molecule has 1 atom stereocenters. The van der Waals surface area contributed by atoms with E-state index in [1.807, 2.05) is 35.0 Å². The Hall–Kier alpha value is -2.63. The van der Waals surface area contributed by atoms with E-state index in [2.05, 4.69) is 22.5 Å². The molecule has 1 amide bonds. The Labute approximate surface area is 168 Å². The molecule has 3 aromatic rings. The first-order chi connectivity index (χ1) is 13.7. The van der Waals surface area contributed by atoms with Gasteiger partial charge in [-0.15, -0.1) is 0 Å². The van der Waals surface area contributed by atoms with E-state index in [0.717, 1.165) is 29.8 Å². The van der Waals surface area contributed by atoms with Gasteiger partial charge in [-0.2, -0.15) is 5.10 Å². The van der Waals surface area contributed by atoms with Gasteiger partial charge in [0, 0.05) is 10.7 Å². The van der Waals surface area contributed by atoms with Crippen molar-refractivity contribution in [1.29, 1.82) is 0 Å². The van der Waals surface area contributed by atoms with Gasteiger partial charge < -0.3 is 10.1 Å². The van der Waals surface area contributed by atoms with E-state index in [1.165, 1.54) is 17.5 Å². The van der Waals surface area contributed by atoms with Gasteiger partial charge in [0.15, 0.2) is 5.69 Å². The van der Waals surface area contributed by atoms with Crippen LogP contribution < -0.4 is 5.32 Å². The van der Waals surface area contributed by atoms with Crippen molar-refractivity contribution in [2.45, 2.75) is 38.5 Å². The molecule has 5 nitrogen and oxygen atoms in total. The Balaban J connectivity index is 1.31. The van der Waals surface area contributed by atoms with E-state index in [-0.39, 0.29) is 12.0 Å². The summed E-state index contributed by atoms with van der Waals surface area (Å²) in [5, 5.41) is 8.19. The zero-order chi connectivity index (χ0) is 19.1. The molecule has 0 radical (unpaired) electrons. The van der Waals surface area contributed by atoms with Gasteiger partial charge in [-0.3, -0.25) is 9.48 Å². The van der Waals surface area contributed by atoms with Crippen molar-refractivity contribution in [3.05, 3.63) is 81.6 Å². The number of carbonyl (C=O) groups is 1. The van der Waals surface area contributed by atoms with Gasteiger partial charge in [0.2, 0.25) is 0 Å². The second kappa shape index (κ2) is 7.08. The third-order valence-electron chi connectivity index (χ3n) is 5.47. The van der Waals surface area contributed by atoms with Crippen molar-refractivity contribution in [3.63, 3.8) is 0 Å². The van der Waals surface area contributed by atoms with E-state index >= 15 is 0 Å². The summed E-state index contributed by atoms with van der Waals surface area (Å²) in [4.78, 5) is 12.7. The van der Waals surface area contributed by atoms with Crippen molar-refractivity contribution in [2.24, 2.45) is 0 Å². The fraction of sp³-hybridized carbons (Fsp3) is 0.273. The number of benzene rings is 2. The number of nitrogens with zero attached hydrogens (tertiary/aromatic N) is 2. The summed E-state index contributed by atoms with van der Waals surface area (Å²) in [7, 11) is 0. The Bertz CT molecular complexity index is 1040. The average Bonchev–Trinajstić information content (AvgIpc) is 3.34. The number of aryl methyl sites for hydroxylation is 2. The molecule has 1 N–H and O–H groups in total. The van der Waals surface area contributed by atoms with E-state index in [4.69, 9.17) is 16.3 Å². The van der Waals surface area contributed by atoms with Crippen molar-refractivity contribution in [2.75, 3.05) is 5.32 Å². The maximum atomic E-state index is 12.7. The lowest BCUT2D eigenvalue weighted by molar-refractivity contribution is -0.00118. The van der Waals surface area contributed by atoms with Crippen LogP contribution in [0.4, 0.5) is 5.69 Å². The zero-order valence-electron chi connectivity index (χ0n) is 15.3. The summed E-state index contributed by atoms with van der Waals surface area (Å²) in [5.74, 6) is -0.192. The Morgan fingerprint density at radius 2 is 1.93 bits per heavy atom. The van der Waals surface area contributed by atoms with Crippen LogP contribution in [-0.2, 0) is 30.7 Å². The van der Waals surface area contributed by atoms with E-state index in [0.29, 0.717) is 23.9 Å². The third-order valence-corrected chi connectivity index (χ3v) is 5.72. The van der Waals surface area contributed by atoms with Crippen LogP contribution in [0.3, 0.4) is 0 Å². The largest absolute Gasteiger partial charge is 0.365 e. The molecule has 0 spiro atoms. The summed E-state index contributed by atoms with van der Waals surface area (Å²) >= 11 is 5.96. The van der Waals surface area contributed by atoms with Crippen LogP contribution in [0, 0.1) is 0 Å². The number of hydrogen-bond donors (Lipinski definition) is 1. The van der Waals surface area contributed by atoms with Crippen molar-refractivity contribution < 1.29 is 9.53 Å². The van der Waals surface area contributed by atoms with Gasteiger partial charge in [-0.1, -0.05) is 29.8 Å². The molecule has 2 heterocycles. The fourth-order valence-electron chi connectivity index (χ4n) is 3.96. The molecule has 142 valence electrons. The predicted octanol–water partition coefficient (Wildman–Crippen LogP) is 4.55. The van der Waals surface area contributed by atoms with Crippen molar-refractivity contribution in [1.82, 2.24) is 9.78 Å². The lowest BCUT2D eigenvalue weighted by atomic mass is 10.1. The van der Waals surface area contributed by atoms with E-state index < -0.39 is 0 Å². The molecule has 0 fully saturated rings. The Morgan fingerprint density at radius 1 is 1.11 bits per heavy atom. The number of carbonyl (C=O) groups excluding carboxylic acids is 1. The quantitative estimate of drug-likeness (QED) is 0.710. The topological polar surface area (TPSA) is 56.2 Å². The molecule has 1 aliphatic heterocycles. The van der Waals surface area contributed by atoms with Crippen LogP contribution >= 0.6 is 11.6 Å². The van der Waals surface area contributed by atoms with Gasteiger partial charge in [-0.05, 0) is 66.3 Å². The molecule has 2 aromatic carbocycles. The van der Waals surface area contributed by atoms with E-state index in [1.54, 1.807) is 6.07 Å². The minimum Gasteiger partial charge on any atom is -0.365 e. The van der Waals surface area contributed by atoms with Crippen molar-refractivity contribution in [3.8, 4) is 0 Å². The molecular formula is C22H20ClN3O2. The normalized spacial score (nSPS) is 17.8. The first-order valence-electron chi connectivity index (χ1n) is 9.53. The zero-order valence-corrected chi connectivity index (χ0v) is 16.1. The highest BCUT2D eigenvalue weighted by Gasteiger charge is 2.24. The van der Waals surface area contributed by atoms with Gasteiger partial charge >= 0.3 is 0 Å². The average molecular weight is 394 g/mol. The molecule has 0 bridgehead atoms. The second-order valence-corrected chi connectivity index (χ2v) is 7.78. The van der Waals surface area contributed by atoms with Crippen LogP contribution in [0.2, 0.25) is 5.02 Å². The van der Waals surface area contributed by atoms with Crippen LogP contribution in [0.15, 0.2) is 48.5 Å². The molecule has 1 aromatic heterocycles. The molecular weight excluding hydrogens is 374 g/mol. The molecule has 0 saturated heterocycles. The number of amides is 1. The summed E-state index contributed by atoms with van der Waals surface area (Å²) in [6.45, 7) is 0.996. The van der Waals surface area contributed by atoms with Gasteiger partial charge in [0.25, 0.3) is 5.91 Å². The third kappa shape index (κ3) is 3.32. The van der Waals surface area contributed by atoms with Gasteiger partial charge in [0.05, 0.1) is 18.8 Å². The van der Waals surface area contributed by atoms with Crippen LogP contribution in [-0.4, -0.2) is 15.7 Å². The molecule has 0 unspecified atom stereocenters. The Morgan fingerprint density at radius 3 is 2.79 bits per heavy atom. The highest BCUT2D eigenvalue weighted by Crippen LogP contribution is 2.28. The summed E-state index contributed by atoms with van der Waals surface area (Å²) in [6, 6.07) is 15.6. The number of halogens is 1. The lowest BCUT2D eigenvalue weighted by Crippen LogP contribution is -2.22. The molecule has 28 heavy (non-hydrogen) atoms. The first kappa shape index (κ1) is 17.5. The molecule has 2 aliphatic rings. The summed E-state index contributed by atoms with van der Waals surface area (Å²) in [5.41, 5.74) is 5.92. The maximum Gasteiger partial charge on any atom is 0.276 e. The number of aromatic nitrogens is 2. The number of ether oxygens (including phenoxy) is 1. The number of fused-ring (bicyclic) bond motifs is 2. The van der Waals surface area contributed by atoms with Crippen LogP contribution in [0.5, 0.6) is 0 Å².